The van der Waals surface area contributed by atoms with Crippen molar-refractivity contribution in [1.82, 2.24) is 18.7 Å². The van der Waals surface area contributed by atoms with Crippen molar-refractivity contribution in [2.45, 2.75) is 51.5 Å². The third kappa shape index (κ3) is 5.82. The van der Waals surface area contributed by atoms with Gasteiger partial charge in [-0.25, -0.2) is 22.2 Å². The summed E-state index contributed by atoms with van der Waals surface area (Å²) >= 11 is 0. The van der Waals surface area contributed by atoms with E-state index in [9.17, 15) is 18.0 Å². The van der Waals surface area contributed by atoms with Crippen LogP contribution in [-0.2, 0) is 34.8 Å². The van der Waals surface area contributed by atoms with Crippen molar-refractivity contribution in [2.75, 3.05) is 24.7 Å². The summed E-state index contributed by atoms with van der Waals surface area (Å²) in [6.07, 6.45) is 5.90. The number of carbonyl (C=O) groups excluding carboxylic acids is 1. The molecule has 1 aliphatic rings. The van der Waals surface area contributed by atoms with Crippen LogP contribution < -0.4 is 11.0 Å². The lowest BCUT2D eigenvalue weighted by molar-refractivity contribution is -0.117. The highest BCUT2D eigenvalue weighted by atomic mass is 32.2. The van der Waals surface area contributed by atoms with E-state index in [1.807, 2.05) is 24.3 Å². The van der Waals surface area contributed by atoms with Crippen LogP contribution in [0.4, 0.5) is 5.69 Å². The van der Waals surface area contributed by atoms with Crippen LogP contribution in [0.5, 0.6) is 0 Å². The van der Waals surface area contributed by atoms with Crippen molar-refractivity contribution >= 4 is 21.6 Å². The Morgan fingerprint density at radius 3 is 2.61 bits per heavy atom. The molecule has 1 unspecified atom stereocenters. The van der Waals surface area contributed by atoms with Gasteiger partial charge in [0.15, 0.2) is 0 Å². The Hall–Kier alpha value is -2.46. The Bertz CT molecular complexity index is 1070. The second-order valence-electron chi connectivity index (χ2n) is 8.17. The number of hydrogen-bond acceptors (Lipinski definition) is 5. The molecule has 0 radical (unpaired) electrons. The third-order valence-electron chi connectivity index (χ3n) is 5.64. The first kappa shape index (κ1) is 23.2. The molecule has 9 nitrogen and oxygen atoms in total. The summed E-state index contributed by atoms with van der Waals surface area (Å²) in [5.74, 6) is -0.0120. The average Bonchev–Trinajstić information content (AvgIpc) is 3.01. The number of piperidine rings is 1. The van der Waals surface area contributed by atoms with E-state index in [1.54, 1.807) is 7.05 Å². The van der Waals surface area contributed by atoms with E-state index in [4.69, 9.17) is 0 Å². The molecule has 1 aliphatic heterocycles. The summed E-state index contributed by atoms with van der Waals surface area (Å²) in [7, 11) is -1.69. The van der Waals surface area contributed by atoms with Crippen LogP contribution in [0.15, 0.2) is 29.1 Å². The van der Waals surface area contributed by atoms with Crippen LogP contribution >= 0.6 is 0 Å². The number of aromatic nitrogens is 3. The number of hydrogen-bond donors (Lipinski definition) is 1. The van der Waals surface area contributed by atoms with Crippen LogP contribution in [0.2, 0.25) is 0 Å². The average molecular weight is 450 g/mol. The fourth-order valence-electron chi connectivity index (χ4n) is 3.89. The van der Waals surface area contributed by atoms with E-state index >= 15 is 0 Å². The van der Waals surface area contributed by atoms with Crippen LogP contribution in [-0.4, -0.2) is 52.3 Å². The van der Waals surface area contributed by atoms with E-state index in [1.165, 1.54) is 20.7 Å². The Kier molecular flexibility index (Phi) is 7.32. The molecule has 3 rings (SSSR count). The van der Waals surface area contributed by atoms with Crippen molar-refractivity contribution in [3.63, 3.8) is 0 Å². The summed E-state index contributed by atoms with van der Waals surface area (Å²) in [5, 5.41) is 7.16. The number of carbonyl (C=O) groups is 1. The predicted molar refractivity (Wildman–Crippen MR) is 120 cm³/mol. The number of rotatable bonds is 8. The first-order valence-corrected chi connectivity index (χ1v) is 12.5. The molecule has 170 valence electrons. The van der Waals surface area contributed by atoms with Gasteiger partial charge in [0.05, 0.1) is 6.26 Å². The second-order valence-corrected chi connectivity index (χ2v) is 10.1. The fourth-order valence-corrected chi connectivity index (χ4v) is 4.80. The maximum Gasteiger partial charge on any atom is 0.346 e. The lowest BCUT2D eigenvalue weighted by atomic mass is 9.99. The molecule has 0 bridgehead atoms. The van der Waals surface area contributed by atoms with Crippen LogP contribution in [0, 0.1) is 0 Å². The maximum absolute atomic E-state index is 12.6. The quantitative estimate of drug-likeness (QED) is 0.660. The van der Waals surface area contributed by atoms with E-state index in [2.05, 4.69) is 17.3 Å². The van der Waals surface area contributed by atoms with E-state index in [0.29, 0.717) is 31.0 Å². The van der Waals surface area contributed by atoms with Crippen molar-refractivity contribution < 1.29 is 13.2 Å². The van der Waals surface area contributed by atoms with Gasteiger partial charge in [0.1, 0.15) is 12.4 Å². The molecule has 1 aromatic heterocycles. The molecule has 0 saturated carbocycles. The number of nitrogens with zero attached hydrogens (tertiary/aromatic N) is 4. The van der Waals surface area contributed by atoms with Gasteiger partial charge in [0, 0.05) is 31.7 Å². The molecule has 1 amide bonds. The maximum atomic E-state index is 12.6. The zero-order valence-corrected chi connectivity index (χ0v) is 19.2. The summed E-state index contributed by atoms with van der Waals surface area (Å²) in [6, 6.07) is 7.70. The van der Waals surface area contributed by atoms with Gasteiger partial charge in [0.25, 0.3) is 0 Å². The van der Waals surface area contributed by atoms with Gasteiger partial charge in [0.2, 0.25) is 15.9 Å². The second kappa shape index (κ2) is 9.78. The number of sulfonamides is 1. The van der Waals surface area contributed by atoms with Crippen molar-refractivity contribution in [2.24, 2.45) is 7.05 Å². The number of anilines is 1. The number of nitrogens with one attached hydrogen (secondary N) is 1. The highest BCUT2D eigenvalue weighted by molar-refractivity contribution is 7.88. The number of aryl methyl sites for hydroxylation is 1. The van der Waals surface area contributed by atoms with Gasteiger partial charge < -0.3 is 5.32 Å². The Labute approximate surface area is 183 Å². The van der Waals surface area contributed by atoms with Gasteiger partial charge in [-0.05, 0) is 43.4 Å². The number of amides is 1. The summed E-state index contributed by atoms with van der Waals surface area (Å²) < 4.78 is 27.7. The lowest BCUT2D eigenvalue weighted by Gasteiger charge is -2.30. The molecule has 1 aromatic carbocycles. The summed E-state index contributed by atoms with van der Waals surface area (Å²) in [4.78, 5) is 25.1. The molecule has 2 aromatic rings. The zero-order valence-electron chi connectivity index (χ0n) is 18.4. The standard InChI is InChI=1S/C21H31N5O4S/c1-4-5-7-16-9-11-18(12-10-16)22-19(27)15-26-21(28)24(2)20(23-26)17-8-6-13-25(14-17)31(3,29)30/h9-12,17H,4-8,13-15H2,1-3H3,(H,22,27). The van der Waals surface area contributed by atoms with Crippen LogP contribution in [0.1, 0.15) is 49.9 Å². The lowest BCUT2D eigenvalue weighted by Crippen LogP contribution is -2.39. The Morgan fingerprint density at radius 2 is 1.97 bits per heavy atom. The SMILES string of the molecule is CCCCc1ccc(NC(=O)Cn2nc(C3CCCN(S(C)(=O)=O)C3)n(C)c2=O)cc1. The van der Waals surface area contributed by atoms with Crippen LogP contribution in [0.3, 0.4) is 0 Å². The molecule has 0 spiro atoms. The Balaban J connectivity index is 1.67. The largest absolute Gasteiger partial charge is 0.346 e. The molecule has 1 fully saturated rings. The molecule has 10 heteroatoms. The van der Waals surface area contributed by atoms with Gasteiger partial charge in [-0.1, -0.05) is 25.5 Å². The fraction of sp³-hybridized carbons (Fsp3) is 0.571. The van der Waals surface area contributed by atoms with Gasteiger partial charge >= 0.3 is 5.69 Å². The summed E-state index contributed by atoms with van der Waals surface area (Å²) in [6.45, 7) is 2.71. The minimum Gasteiger partial charge on any atom is -0.324 e. The molecule has 2 heterocycles. The first-order chi connectivity index (χ1) is 14.7. The monoisotopic (exact) mass is 449 g/mol. The Morgan fingerprint density at radius 1 is 1.26 bits per heavy atom. The minimum atomic E-state index is -3.30. The zero-order chi connectivity index (χ0) is 22.6. The molecule has 1 saturated heterocycles. The highest BCUT2D eigenvalue weighted by Gasteiger charge is 2.30. The molecule has 1 atom stereocenters. The van der Waals surface area contributed by atoms with Crippen molar-refractivity contribution in [1.29, 1.82) is 0 Å². The predicted octanol–water partition coefficient (Wildman–Crippen LogP) is 1.70. The minimum absolute atomic E-state index is 0.179. The highest BCUT2D eigenvalue weighted by Crippen LogP contribution is 2.26. The van der Waals surface area contributed by atoms with Crippen molar-refractivity contribution in [3.8, 4) is 0 Å². The molecule has 0 aliphatic carbocycles. The molecular weight excluding hydrogens is 418 g/mol. The topological polar surface area (TPSA) is 106 Å². The first-order valence-electron chi connectivity index (χ1n) is 10.7. The van der Waals surface area contributed by atoms with E-state index in [0.717, 1.165) is 30.4 Å². The molecule has 31 heavy (non-hydrogen) atoms. The van der Waals surface area contributed by atoms with Crippen LogP contribution in [0.25, 0.3) is 0 Å². The van der Waals surface area contributed by atoms with Gasteiger partial charge in [-0.3, -0.25) is 9.36 Å². The van der Waals surface area contributed by atoms with Gasteiger partial charge in [-0.2, -0.15) is 5.10 Å². The third-order valence-corrected chi connectivity index (χ3v) is 6.91. The van der Waals surface area contributed by atoms with E-state index in [-0.39, 0.29) is 18.4 Å². The summed E-state index contributed by atoms with van der Waals surface area (Å²) in [5.41, 5.74) is 1.50. The molecular formula is C21H31N5O4S. The normalized spacial score (nSPS) is 17.6. The van der Waals surface area contributed by atoms with E-state index < -0.39 is 15.7 Å². The van der Waals surface area contributed by atoms with Crippen molar-refractivity contribution in [3.05, 3.63) is 46.1 Å². The molecule has 1 N–H and O–H groups in total. The smallest absolute Gasteiger partial charge is 0.324 e. The number of unbranched alkanes of at least 4 members (excludes halogenated alkanes) is 1. The number of benzene rings is 1. The van der Waals surface area contributed by atoms with Gasteiger partial charge in [-0.15, -0.1) is 0 Å².